The van der Waals surface area contributed by atoms with Crippen LogP contribution in [0.3, 0.4) is 0 Å². The monoisotopic (exact) mass is 614 g/mol. The molecule has 0 bridgehead atoms. The van der Waals surface area contributed by atoms with Crippen molar-refractivity contribution in [2.24, 2.45) is 5.41 Å². The standard InChI is InChI=1S/C37H46O6Si/c1-35(2,3)44(31-18-11-7-12-19-31,32-20-13-8-14-21-32)42-27-30-24-37(40,25-34(39)43-30)23-15-22-33(38)36(4,5)28-41-26-29-16-9-6-10-17-29/h6-22,30,40H,23-28H2,1-5H3/b22-15+/t30-,37?/m1/s1. The van der Waals surface area contributed by atoms with E-state index in [0.717, 1.165) is 15.9 Å². The summed E-state index contributed by atoms with van der Waals surface area (Å²) in [5, 5.41) is 13.5. The van der Waals surface area contributed by atoms with E-state index in [9.17, 15) is 14.7 Å². The zero-order valence-corrected chi connectivity index (χ0v) is 27.6. The van der Waals surface area contributed by atoms with Crippen molar-refractivity contribution in [3.05, 3.63) is 109 Å². The lowest BCUT2D eigenvalue weighted by atomic mass is 9.85. The number of hydrogen-bond donors (Lipinski definition) is 1. The van der Waals surface area contributed by atoms with Crippen molar-refractivity contribution in [3.8, 4) is 0 Å². The lowest BCUT2D eigenvalue weighted by Crippen LogP contribution is -2.67. The fourth-order valence-corrected chi connectivity index (χ4v) is 10.5. The molecule has 0 aromatic heterocycles. The Labute approximate surface area is 263 Å². The maximum absolute atomic E-state index is 13.0. The van der Waals surface area contributed by atoms with Crippen LogP contribution in [0.5, 0.6) is 0 Å². The molecule has 1 saturated heterocycles. The van der Waals surface area contributed by atoms with E-state index in [2.05, 4.69) is 45.0 Å². The van der Waals surface area contributed by atoms with Crippen LogP contribution in [-0.2, 0) is 30.1 Å². The Balaban J connectivity index is 1.43. The highest BCUT2D eigenvalue weighted by molar-refractivity contribution is 6.99. The Hall–Kier alpha value is -3.36. The number of rotatable bonds is 13. The molecule has 1 N–H and O–H groups in total. The first-order valence-electron chi connectivity index (χ1n) is 15.3. The first-order chi connectivity index (χ1) is 20.8. The van der Waals surface area contributed by atoms with E-state index < -0.39 is 31.4 Å². The van der Waals surface area contributed by atoms with E-state index in [1.807, 2.05) is 80.6 Å². The number of hydrogen-bond acceptors (Lipinski definition) is 6. The Morgan fingerprint density at radius 3 is 2.02 bits per heavy atom. The van der Waals surface area contributed by atoms with Gasteiger partial charge in [0.1, 0.15) is 6.10 Å². The molecular formula is C37H46O6Si. The SMILES string of the molecule is CC(C)(COCc1ccccc1)C(=O)/C=C/CC1(O)CC(=O)O[C@@H](CO[Si](c2ccccc2)(c2ccccc2)C(C)(C)C)C1. The second kappa shape index (κ2) is 14.2. The van der Waals surface area contributed by atoms with Crippen molar-refractivity contribution in [3.63, 3.8) is 0 Å². The Kier molecular flexibility index (Phi) is 10.8. The van der Waals surface area contributed by atoms with Gasteiger partial charge in [-0.3, -0.25) is 9.59 Å². The summed E-state index contributed by atoms with van der Waals surface area (Å²) in [4.78, 5) is 25.7. The van der Waals surface area contributed by atoms with Crippen LogP contribution in [0.15, 0.2) is 103 Å². The average Bonchev–Trinajstić information content (AvgIpc) is 2.98. The first kappa shape index (κ1) is 33.5. The molecule has 4 rings (SSSR count). The van der Waals surface area contributed by atoms with E-state index in [1.54, 1.807) is 6.08 Å². The number of carbonyl (C=O) groups is 2. The van der Waals surface area contributed by atoms with Gasteiger partial charge in [-0.25, -0.2) is 0 Å². The van der Waals surface area contributed by atoms with Gasteiger partial charge in [0.15, 0.2) is 5.78 Å². The fraction of sp³-hybridized carbons (Fsp3) is 0.405. The molecule has 3 aromatic carbocycles. The maximum Gasteiger partial charge on any atom is 0.309 e. The Bertz CT molecular complexity index is 1360. The molecule has 0 aliphatic carbocycles. The van der Waals surface area contributed by atoms with Gasteiger partial charge < -0.3 is 19.0 Å². The zero-order valence-electron chi connectivity index (χ0n) is 26.6. The predicted molar refractivity (Wildman–Crippen MR) is 176 cm³/mol. The second-order valence-electron chi connectivity index (χ2n) is 13.5. The molecule has 6 nitrogen and oxygen atoms in total. The molecule has 1 fully saturated rings. The normalized spacial score (nSPS) is 19.6. The summed E-state index contributed by atoms with van der Waals surface area (Å²) in [7, 11) is -2.84. The number of carbonyl (C=O) groups excluding carboxylic acids is 2. The number of esters is 1. The predicted octanol–water partition coefficient (Wildman–Crippen LogP) is 5.76. The largest absolute Gasteiger partial charge is 0.460 e. The molecule has 1 heterocycles. The summed E-state index contributed by atoms with van der Waals surface area (Å²) in [6, 6.07) is 30.4. The molecule has 234 valence electrons. The maximum atomic E-state index is 13.0. The van der Waals surface area contributed by atoms with Crippen LogP contribution in [0.2, 0.25) is 5.04 Å². The minimum Gasteiger partial charge on any atom is -0.460 e. The summed E-state index contributed by atoms with van der Waals surface area (Å²) < 4.78 is 18.5. The van der Waals surface area contributed by atoms with Gasteiger partial charge in [0, 0.05) is 6.42 Å². The smallest absolute Gasteiger partial charge is 0.309 e. The van der Waals surface area contributed by atoms with Crippen molar-refractivity contribution >= 4 is 30.4 Å². The minimum absolute atomic E-state index is 0.0980. The number of cyclic esters (lactones) is 1. The van der Waals surface area contributed by atoms with Crippen molar-refractivity contribution < 1.29 is 28.6 Å². The van der Waals surface area contributed by atoms with Crippen LogP contribution in [0, 0.1) is 5.41 Å². The van der Waals surface area contributed by atoms with Gasteiger partial charge in [0.2, 0.25) is 0 Å². The van der Waals surface area contributed by atoms with Crippen LogP contribution in [-0.4, -0.2) is 50.1 Å². The highest BCUT2D eigenvalue weighted by Gasteiger charge is 2.51. The lowest BCUT2D eigenvalue weighted by molar-refractivity contribution is -0.172. The minimum atomic E-state index is -2.84. The average molecular weight is 615 g/mol. The summed E-state index contributed by atoms with van der Waals surface area (Å²) in [6.45, 7) is 11.1. The molecule has 0 spiro atoms. The van der Waals surface area contributed by atoms with Gasteiger partial charge in [0.25, 0.3) is 8.32 Å². The first-order valence-corrected chi connectivity index (χ1v) is 17.3. The molecule has 2 atom stereocenters. The summed E-state index contributed by atoms with van der Waals surface area (Å²) in [6.07, 6.45) is 2.79. The van der Waals surface area contributed by atoms with Gasteiger partial charge in [0.05, 0.1) is 37.3 Å². The van der Waals surface area contributed by atoms with E-state index in [-0.39, 0.29) is 43.3 Å². The van der Waals surface area contributed by atoms with Crippen molar-refractivity contribution in [2.75, 3.05) is 13.2 Å². The molecule has 1 unspecified atom stereocenters. The third-order valence-electron chi connectivity index (χ3n) is 8.29. The number of ether oxygens (including phenoxy) is 2. The Morgan fingerprint density at radius 2 is 1.48 bits per heavy atom. The van der Waals surface area contributed by atoms with Crippen LogP contribution >= 0.6 is 0 Å². The molecule has 1 aliphatic heterocycles. The van der Waals surface area contributed by atoms with Crippen molar-refractivity contribution in [2.45, 2.75) is 77.2 Å². The van der Waals surface area contributed by atoms with Gasteiger partial charge in [-0.05, 0) is 33.5 Å². The number of aliphatic hydroxyl groups is 1. The number of benzene rings is 3. The molecule has 3 aromatic rings. The van der Waals surface area contributed by atoms with E-state index in [1.165, 1.54) is 6.08 Å². The third kappa shape index (κ3) is 8.21. The number of ketones is 1. The highest BCUT2D eigenvalue weighted by Crippen LogP contribution is 2.38. The van der Waals surface area contributed by atoms with Crippen LogP contribution < -0.4 is 10.4 Å². The summed E-state index contributed by atoms with van der Waals surface area (Å²) >= 11 is 0. The zero-order chi connectivity index (χ0) is 31.8. The fourth-order valence-electron chi connectivity index (χ4n) is 5.94. The van der Waals surface area contributed by atoms with Crippen LogP contribution in [0.25, 0.3) is 0 Å². The van der Waals surface area contributed by atoms with E-state index >= 15 is 0 Å². The van der Waals surface area contributed by atoms with Crippen LogP contribution in [0.4, 0.5) is 0 Å². The van der Waals surface area contributed by atoms with E-state index in [0.29, 0.717) is 6.61 Å². The quantitative estimate of drug-likeness (QED) is 0.150. The molecule has 0 saturated carbocycles. The highest BCUT2D eigenvalue weighted by atomic mass is 28.4. The summed E-state index contributed by atoms with van der Waals surface area (Å²) in [5.74, 6) is -0.566. The molecule has 1 aliphatic rings. The summed E-state index contributed by atoms with van der Waals surface area (Å²) in [5.41, 5.74) is -1.02. The molecule has 7 heteroatoms. The van der Waals surface area contributed by atoms with Crippen molar-refractivity contribution in [1.82, 2.24) is 0 Å². The second-order valence-corrected chi connectivity index (χ2v) is 17.8. The van der Waals surface area contributed by atoms with Gasteiger partial charge >= 0.3 is 5.97 Å². The molecule has 0 radical (unpaired) electrons. The third-order valence-corrected chi connectivity index (χ3v) is 13.3. The van der Waals surface area contributed by atoms with Gasteiger partial charge in [-0.15, -0.1) is 0 Å². The Morgan fingerprint density at radius 1 is 0.932 bits per heavy atom. The molecular weight excluding hydrogens is 568 g/mol. The number of allylic oxidation sites excluding steroid dienone is 1. The van der Waals surface area contributed by atoms with Gasteiger partial charge in [-0.2, -0.15) is 0 Å². The van der Waals surface area contributed by atoms with Crippen LogP contribution in [0.1, 0.15) is 59.4 Å². The van der Waals surface area contributed by atoms with Gasteiger partial charge in [-0.1, -0.05) is 132 Å². The van der Waals surface area contributed by atoms with E-state index in [4.69, 9.17) is 13.9 Å². The molecule has 0 amide bonds. The molecule has 44 heavy (non-hydrogen) atoms. The van der Waals surface area contributed by atoms with Crippen molar-refractivity contribution in [1.29, 1.82) is 0 Å². The lowest BCUT2D eigenvalue weighted by Gasteiger charge is -2.44. The topological polar surface area (TPSA) is 82.1 Å².